The van der Waals surface area contributed by atoms with Gasteiger partial charge in [0, 0.05) is 31.2 Å². The van der Waals surface area contributed by atoms with Crippen LogP contribution in [0.4, 0.5) is 0 Å². The molecule has 3 aliphatic rings. The monoisotopic (exact) mass is 348 g/mol. The molecule has 3 fully saturated rings. The number of aliphatic hydroxyl groups excluding tert-OH is 1. The predicted octanol–water partition coefficient (Wildman–Crippen LogP) is 3.29. The van der Waals surface area contributed by atoms with E-state index in [1.807, 2.05) is 0 Å². The molecule has 2 saturated heterocycles. The quantitative estimate of drug-likeness (QED) is 0.821. The molecule has 142 valence electrons. The van der Waals surface area contributed by atoms with E-state index in [4.69, 9.17) is 4.74 Å². The van der Waals surface area contributed by atoms with E-state index in [9.17, 15) is 5.11 Å². The number of aliphatic hydroxyl groups is 1. The number of rotatable bonds is 3. The molecule has 0 aromatic rings. The summed E-state index contributed by atoms with van der Waals surface area (Å²) in [4.78, 5) is 2.19. The molecule has 0 amide bonds. The Labute approximate surface area is 153 Å². The average molecular weight is 349 g/mol. The minimum Gasteiger partial charge on any atom is -0.385 e. The minimum absolute atomic E-state index is 0.264. The van der Waals surface area contributed by atoms with E-state index < -0.39 is 0 Å². The summed E-state index contributed by atoms with van der Waals surface area (Å²) in [7, 11) is 0. The Bertz CT molecular complexity index is 476. The van der Waals surface area contributed by atoms with Crippen LogP contribution >= 0.6 is 0 Å². The Hall–Kier alpha value is -0.840. The van der Waals surface area contributed by atoms with Crippen molar-refractivity contribution in [1.29, 1.82) is 0 Å². The van der Waals surface area contributed by atoms with Gasteiger partial charge in [0.2, 0.25) is 0 Å². The molecule has 0 spiro atoms. The van der Waals surface area contributed by atoms with Crippen LogP contribution in [0.5, 0.6) is 0 Å². The lowest BCUT2D eigenvalue weighted by atomic mass is 9.85. The molecule has 2 N–H and O–H groups in total. The van der Waals surface area contributed by atoms with Crippen molar-refractivity contribution < 1.29 is 9.84 Å². The van der Waals surface area contributed by atoms with Crippen molar-refractivity contribution >= 4 is 0 Å². The van der Waals surface area contributed by atoms with Crippen LogP contribution in [-0.4, -0.2) is 49.1 Å². The first-order valence-electron chi connectivity index (χ1n) is 10.3. The summed E-state index contributed by atoms with van der Waals surface area (Å²) < 4.78 is 5.43. The largest absolute Gasteiger partial charge is 0.385 e. The third-order valence-corrected chi connectivity index (χ3v) is 6.26. The molecule has 4 nitrogen and oxygen atoms in total. The Balaban J connectivity index is 1.70. The predicted molar refractivity (Wildman–Crippen MR) is 102 cm³/mol. The Morgan fingerprint density at radius 2 is 1.92 bits per heavy atom. The lowest BCUT2D eigenvalue weighted by molar-refractivity contribution is -0.0871. The fourth-order valence-electron chi connectivity index (χ4n) is 4.77. The van der Waals surface area contributed by atoms with Gasteiger partial charge >= 0.3 is 0 Å². The molecule has 1 aliphatic carbocycles. The lowest BCUT2D eigenvalue weighted by Gasteiger charge is -2.35. The van der Waals surface area contributed by atoms with E-state index in [1.54, 1.807) is 0 Å². The standard InChI is InChI=1S/C21H36N2O2/c1-3-19-16(2)13-18(21(24)23-9-11-25-12-10-23)15-22-20(19)14-17-7-5-4-6-8-17/h3,14,16-18,21-22,24H,4-13,15H2,1-2H3/b19-3+,20-14+. The normalized spacial score (nSPS) is 34.7. The van der Waals surface area contributed by atoms with Gasteiger partial charge < -0.3 is 15.2 Å². The summed E-state index contributed by atoms with van der Waals surface area (Å²) in [6, 6.07) is 0. The number of hydrogen-bond donors (Lipinski definition) is 2. The van der Waals surface area contributed by atoms with Crippen LogP contribution in [0.25, 0.3) is 0 Å². The highest BCUT2D eigenvalue weighted by Gasteiger charge is 2.32. The fraction of sp³-hybridized carbons (Fsp3) is 0.810. The summed E-state index contributed by atoms with van der Waals surface area (Å²) in [5.41, 5.74) is 2.76. The molecular formula is C21H36N2O2. The second-order valence-electron chi connectivity index (χ2n) is 8.06. The number of nitrogens with one attached hydrogen (secondary N) is 1. The molecule has 0 aromatic heterocycles. The summed E-state index contributed by atoms with van der Waals surface area (Å²) in [5.74, 6) is 1.47. The highest BCUT2D eigenvalue weighted by Crippen LogP contribution is 2.33. The average Bonchev–Trinajstić information content (AvgIpc) is 2.81. The molecule has 2 heterocycles. The molecule has 25 heavy (non-hydrogen) atoms. The van der Waals surface area contributed by atoms with Gasteiger partial charge in [-0.15, -0.1) is 0 Å². The maximum Gasteiger partial charge on any atom is 0.112 e. The van der Waals surface area contributed by atoms with Crippen LogP contribution < -0.4 is 5.32 Å². The molecule has 3 rings (SSSR count). The highest BCUT2D eigenvalue weighted by atomic mass is 16.5. The molecule has 0 radical (unpaired) electrons. The molecule has 3 atom stereocenters. The summed E-state index contributed by atoms with van der Waals surface area (Å²) in [6.07, 6.45) is 12.2. The maximum atomic E-state index is 10.9. The summed E-state index contributed by atoms with van der Waals surface area (Å²) >= 11 is 0. The molecule has 3 unspecified atom stereocenters. The molecule has 4 heteroatoms. The van der Waals surface area contributed by atoms with Crippen LogP contribution in [0.3, 0.4) is 0 Å². The minimum atomic E-state index is -0.369. The van der Waals surface area contributed by atoms with Crippen molar-refractivity contribution in [1.82, 2.24) is 10.2 Å². The molecule has 2 aliphatic heterocycles. The summed E-state index contributed by atoms with van der Waals surface area (Å²) in [5, 5.41) is 14.6. The van der Waals surface area contributed by atoms with Crippen molar-refractivity contribution in [3.05, 3.63) is 23.4 Å². The first kappa shape index (κ1) is 18.9. The van der Waals surface area contributed by atoms with Crippen LogP contribution in [0, 0.1) is 17.8 Å². The van der Waals surface area contributed by atoms with Crippen molar-refractivity contribution in [2.24, 2.45) is 17.8 Å². The first-order chi connectivity index (χ1) is 12.2. The molecule has 0 aromatic carbocycles. The topological polar surface area (TPSA) is 44.7 Å². The van der Waals surface area contributed by atoms with E-state index in [-0.39, 0.29) is 12.1 Å². The SMILES string of the molecule is C/C=C1/C(=C\C2CCCCC2)NCC(C(O)N2CCOCC2)CC1C. The van der Waals surface area contributed by atoms with E-state index in [0.717, 1.165) is 45.2 Å². The number of morpholine rings is 1. The van der Waals surface area contributed by atoms with Gasteiger partial charge in [-0.1, -0.05) is 38.3 Å². The molecule has 0 bridgehead atoms. The van der Waals surface area contributed by atoms with Gasteiger partial charge in [-0.2, -0.15) is 0 Å². The van der Waals surface area contributed by atoms with Crippen molar-refractivity contribution in [3.63, 3.8) is 0 Å². The van der Waals surface area contributed by atoms with Crippen LogP contribution in [-0.2, 0) is 4.74 Å². The second kappa shape index (κ2) is 9.20. The number of hydrogen-bond acceptors (Lipinski definition) is 4. The van der Waals surface area contributed by atoms with Crippen LogP contribution in [0.15, 0.2) is 23.4 Å². The van der Waals surface area contributed by atoms with Crippen LogP contribution in [0.2, 0.25) is 0 Å². The van der Waals surface area contributed by atoms with Crippen molar-refractivity contribution in [2.75, 3.05) is 32.8 Å². The van der Waals surface area contributed by atoms with E-state index >= 15 is 0 Å². The Morgan fingerprint density at radius 1 is 1.20 bits per heavy atom. The molecule has 1 saturated carbocycles. The van der Waals surface area contributed by atoms with Gasteiger partial charge in [0.15, 0.2) is 0 Å². The van der Waals surface area contributed by atoms with Gasteiger partial charge in [-0.25, -0.2) is 0 Å². The number of ether oxygens (including phenoxy) is 1. The van der Waals surface area contributed by atoms with Gasteiger partial charge in [0.1, 0.15) is 6.23 Å². The van der Waals surface area contributed by atoms with Gasteiger partial charge in [-0.3, -0.25) is 4.90 Å². The van der Waals surface area contributed by atoms with Crippen molar-refractivity contribution in [2.45, 2.75) is 58.6 Å². The zero-order valence-electron chi connectivity index (χ0n) is 16.0. The zero-order chi connectivity index (χ0) is 17.6. The fourth-order valence-corrected chi connectivity index (χ4v) is 4.77. The maximum absolute atomic E-state index is 10.9. The van der Waals surface area contributed by atoms with E-state index in [1.165, 1.54) is 43.4 Å². The Morgan fingerprint density at radius 3 is 2.60 bits per heavy atom. The van der Waals surface area contributed by atoms with Crippen molar-refractivity contribution in [3.8, 4) is 0 Å². The first-order valence-corrected chi connectivity index (χ1v) is 10.3. The number of allylic oxidation sites excluding steroid dienone is 3. The zero-order valence-corrected chi connectivity index (χ0v) is 16.0. The second-order valence-corrected chi connectivity index (χ2v) is 8.06. The van der Waals surface area contributed by atoms with Gasteiger partial charge in [0.25, 0.3) is 0 Å². The van der Waals surface area contributed by atoms with Crippen LogP contribution in [0.1, 0.15) is 52.4 Å². The van der Waals surface area contributed by atoms with E-state index in [0.29, 0.717) is 5.92 Å². The Kier molecular flexibility index (Phi) is 6.97. The summed E-state index contributed by atoms with van der Waals surface area (Å²) in [6.45, 7) is 8.48. The third kappa shape index (κ3) is 4.87. The van der Waals surface area contributed by atoms with Gasteiger partial charge in [-0.05, 0) is 43.6 Å². The lowest BCUT2D eigenvalue weighted by Crippen LogP contribution is -2.48. The molecular weight excluding hydrogens is 312 g/mol. The van der Waals surface area contributed by atoms with Gasteiger partial charge in [0.05, 0.1) is 13.2 Å². The number of nitrogens with zero attached hydrogens (tertiary/aromatic N) is 1. The van der Waals surface area contributed by atoms with E-state index in [2.05, 4.69) is 36.2 Å². The highest BCUT2D eigenvalue weighted by molar-refractivity contribution is 5.33. The smallest absolute Gasteiger partial charge is 0.112 e. The third-order valence-electron chi connectivity index (χ3n) is 6.26.